The van der Waals surface area contributed by atoms with E-state index >= 15 is 0 Å². The van der Waals surface area contributed by atoms with Gasteiger partial charge in [0.15, 0.2) is 12.6 Å². The standard InChI is InChI=1S/C11H12N2O3/c1-7(15)16-6-10-9(5-14)8-3-2-4-12-11(8)13-10/h2-5,7,15H,6H2,1H3,(H,12,13). The Bertz CT molecular complexity index is 505. The van der Waals surface area contributed by atoms with Gasteiger partial charge in [0.2, 0.25) is 0 Å². The highest BCUT2D eigenvalue weighted by molar-refractivity contribution is 5.97. The molecule has 0 saturated carbocycles. The fraction of sp³-hybridized carbons (Fsp3) is 0.273. The molecule has 1 atom stereocenters. The van der Waals surface area contributed by atoms with E-state index in [2.05, 4.69) is 9.97 Å². The Kier molecular flexibility index (Phi) is 2.98. The van der Waals surface area contributed by atoms with Gasteiger partial charge in [0.05, 0.1) is 12.3 Å². The van der Waals surface area contributed by atoms with Crippen LogP contribution in [0.4, 0.5) is 0 Å². The van der Waals surface area contributed by atoms with Crippen LogP contribution in [0.3, 0.4) is 0 Å². The van der Waals surface area contributed by atoms with Crippen molar-refractivity contribution < 1.29 is 14.6 Å². The molecule has 0 aromatic carbocycles. The second kappa shape index (κ2) is 4.42. The van der Waals surface area contributed by atoms with E-state index in [1.54, 1.807) is 12.3 Å². The minimum Gasteiger partial charge on any atom is -0.368 e. The Morgan fingerprint density at radius 2 is 2.50 bits per heavy atom. The molecule has 0 spiro atoms. The summed E-state index contributed by atoms with van der Waals surface area (Å²) in [6.07, 6.45) is 1.55. The summed E-state index contributed by atoms with van der Waals surface area (Å²) >= 11 is 0. The molecule has 2 aromatic rings. The molecule has 0 bridgehead atoms. The number of fused-ring (bicyclic) bond motifs is 1. The predicted molar refractivity (Wildman–Crippen MR) is 58.0 cm³/mol. The fourth-order valence-electron chi connectivity index (χ4n) is 1.55. The summed E-state index contributed by atoms with van der Waals surface area (Å²) in [4.78, 5) is 18.1. The number of rotatable bonds is 4. The van der Waals surface area contributed by atoms with Crippen LogP contribution in [0.2, 0.25) is 0 Å². The number of aromatic nitrogens is 2. The van der Waals surface area contributed by atoms with Crippen molar-refractivity contribution >= 4 is 17.3 Å². The molecule has 5 heteroatoms. The van der Waals surface area contributed by atoms with Gasteiger partial charge in [-0.3, -0.25) is 4.79 Å². The third-order valence-electron chi connectivity index (χ3n) is 2.28. The first kappa shape index (κ1) is 10.8. The Morgan fingerprint density at radius 1 is 1.69 bits per heavy atom. The van der Waals surface area contributed by atoms with E-state index < -0.39 is 6.29 Å². The van der Waals surface area contributed by atoms with Gasteiger partial charge in [0, 0.05) is 17.1 Å². The van der Waals surface area contributed by atoms with Crippen molar-refractivity contribution in [2.75, 3.05) is 0 Å². The Balaban J connectivity index is 2.40. The molecule has 2 heterocycles. The quantitative estimate of drug-likeness (QED) is 0.600. The number of aromatic amines is 1. The number of ether oxygens (including phenoxy) is 1. The number of aliphatic hydroxyl groups is 1. The molecule has 84 valence electrons. The van der Waals surface area contributed by atoms with Gasteiger partial charge in [-0.05, 0) is 19.1 Å². The van der Waals surface area contributed by atoms with Crippen LogP contribution < -0.4 is 0 Å². The predicted octanol–water partition coefficient (Wildman–Crippen LogP) is 1.23. The van der Waals surface area contributed by atoms with Crippen LogP contribution in [0.15, 0.2) is 18.3 Å². The molecule has 0 amide bonds. The minimum atomic E-state index is -0.862. The third kappa shape index (κ3) is 1.95. The number of aliphatic hydroxyl groups excluding tert-OH is 1. The van der Waals surface area contributed by atoms with Gasteiger partial charge < -0.3 is 14.8 Å². The molecule has 1 unspecified atom stereocenters. The van der Waals surface area contributed by atoms with Crippen LogP contribution in [0.5, 0.6) is 0 Å². The average Bonchev–Trinajstić information content (AvgIpc) is 2.63. The molecule has 5 nitrogen and oxygen atoms in total. The minimum absolute atomic E-state index is 0.155. The molecule has 0 aliphatic heterocycles. The Hall–Kier alpha value is -1.72. The molecule has 2 aromatic heterocycles. The smallest absolute Gasteiger partial charge is 0.152 e. The van der Waals surface area contributed by atoms with Crippen LogP contribution in [0, 0.1) is 0 Å². The van der Waals surface area contributed by atoms with Crippen molar-refractivity contribution in [2.24, 2.45) is 0 Å². The van der Waals surface area contributed by atoms with Gasteiger partial charge in [-0.25, -0.2) is 4.98 Å². The Labute approximate surface area is 92.1 Å². The van der Waals surface area contributed by atoms with Gasteiger partial charge >= 0.3 is 0 Å². The zero-order chi connectivity index (χ0) is 11.5. The van der Waals surface area contributed by atoms with E-state index in [0.29, 0.717) is 16.9 Å². The zero-order valence-corrected chi connectivity index (χ0v) is 8.80. The number of H-pyrrole nitrogens is 1. The van der Waals surface area contributed by atoms with Gasteiger partial charge in [-0.2, -0.15) is 0 Å². The van der Waals surface area contributed by atoms with Crippen molar-refractivity contribution in [3.05, 3.63) is 29.6 Å². The van der Waals surface area contributed by atoms with Crippen molar-refractivity contribution in [2.45, 2.75) is 19.8 Å². The van der Waals surface area contributed by atoms with E-state index in [1.807, 2.05) is 6.07 Å². The largest absolute Gasteiger partial charge is 0.368 e. The normalized spacial score (nSPS) is 12.9. The summed E-state index contributed by atoms with van der Waals surface area (Å²) in [6, 6.07) is 3.58. The fourth-order valence-corrected chi connectivity index (χ4v) is 1.55. The summed E-state index contributed by atoms with van der Waals surface area (Å²) in [7, 11) is 0. The van der Waals surface area contributed by atoms with Crippen LogP contribution in [-0.2, 0) is 11.3 Å². The van der Waals surface area contributed by atoms with Gasteiger partial charge in [-0.15, -0.1) is 0 Å². The molecule has 0 aliphatic carbocycles. The number of hydrogen-bond acceptors (Lipinski definition) is 4. The molecule has 0 fully saturated rings. The second-order valence-corrected chi connectivity index (χ2v) is 3.44. The SMILES string of the molecule is CC(O)OCc1[nH]c2ncccc2c1C=O. The van der Waals surface area contributed by atoms with Gasteiger partial charge in [-0.1, -0.05) is 0 Å². The first-order chi connectivity index (χ1) is 7.72. The Morgan fingerprint density at radius 3 is 3.19 bits per heavy atom. The molecule has 2 rings (SSSR count). The lowest BCUT2D eigenvalue weighted by Gasteiger charge is -2.05. The number of nitrogens with zero attached hydrogens (tertiary/aromatic N) is 1. The lowest BCUT2D eigenvalue weighted by Crippen LogP contribution is -2.07. The lowest BCUT2D eigenvalue weighted by atomic mass is 10.2. The number of aldehydes is 1. The van der Waals surface area contributed by atoms with Crippen LogP contribution in [-0.4, -0.2) is 27.7 Å². The van der Waals surface area contributed by atoms with Crippen molar-refractivity contribution in [1.82, 2.24) is 9.97 Å². The van der Waals surface area contributed by atoms with E-state index in [1.165, 1.54) is 6.92 Å². The van der Waals surface area contributed by atoms with Crippen molar-refractivity contribution in [3.8, 4) is 0 Å². The highest BCUT2D eigenvalue weighted by atomic mass is 16.6. The summed E-state index contributed by atoms with van der Waals surface area (Å²) in [5.41, 5.74) is 1.81. The summed E-state index contributed by atoms with van der Waals surface area (Å²) in [5, 5.41) is 9.78. The van der Waals surface area contributed by atoms with Gasteiger partial charge in [0.1, 0.15) is 5.65 Å². The molecular formula is C11H12N2O3. The number of hydrogen-bond donors (Lipinski definition) is 2. The van der Waals surface area contributed by atoms with Crippen LogP contribution in [0.25, 0.3) is 11.0 Å². The molecule has 0 aliphatic rings. The third-order valence-corrected chi connectivity index (χ3v) is 2.28. The highest BCUT2D eigenvalue weighted by Crippen LogP contribution is 2.19. The maximum Gasteiger partial charge on any atom is 0.152 e. The van der Waals surface area contributed by atoms with E-state index in [4.69, 9.17) is 9.84 Å². The van der Waals surface area contributed by atoms with Crippen LogP contribution in [0.1, 0.15) is 23.0 Å². The molecule has 0 saturated heterocycles. The van der Waals surface area contributed by atoms with E-state index in [-0.39, 0.29) is 6.61 Å². The first-order valence-electron chi connectivity index (χ1n) is 4.93. The second-order valence-electron chi connectivity index (χ2n) is 3.44. The van der Waals surface area contributed by atoms with E-state index in [0.717, 1.165) is 11.7 Å². The number of carbonyl (C=O) groups is 1. The molecule has 0 radical (unpaired) electrons. The topological polar surface area (TPSA) is 75.2 Å². The number of nitrogens with one attached hydrogen (secondary N) is 1. The van der Waals surface area contributed by atoms with Gasteiger partial charge in [0.25, 0.3) is 0 Å². The number of pyridine rings is 1. The van der Waals surface area contributed by atoms with Crippen LogP contribution >= 0.6 is 0 Å². The average molecular weight is 220 g/mol. The maximum absolute atomic E-state index is 11.0. The number of carbonyl (C=O) groups excluding carboxylic acids is 1. The maximum atomic E-state index is 11.0. The first-order valence-corrected chi connectivity index (χ1v) is 4.93. The summed E-state index contributed by atoms with van der Waals surface area (Å²) in [5.74, 6) is 0. The highest BCUT2D eigenvalue weighted by Gasteiger charge is 2.11. The monoisotopic (exact) mass is 220 g/mol. The molecular weight excluding hydrogens is 208 g/mol. The summed E-state index contributed by atoms with van der Waals surface area (Å²) < 4.78 is 5.04. The van der Waals surface area contributed by atoms with E-state index in [9.17, 15) is 4.79 Å². The molecule has 16 heavy (non-hydrogen) atoms. The lowest BCUT2D eigenvalue weighted by molar-refractivity contribution is -0.0948. The summed E-state index contributed by atoms with van der Waals surface area (Å²) in [6.45, 7) is 1.67. The van der Waals surface area contributed by atoms with Crippen molar-refractivity contribution in [3.63, 3.8) is 0 Å². The molecule has 2 N–H and O–H groups in total. The zero-order valence-electron chi connectivity index (χ0n) is 8.80. The van der Waals surface area contributed by atoms with Crippen molar-refractivity contribution in [1.29, 1.82) is 0 Å².